The van der Waals surface area contributed by atoms with E-state index >= 15 is 0 Å². The van der Waals surface area contributed by atoms with Crippen LogP contribution in [0.5, 0.6) is 5.75 Å². The van der Waals surface area contributed by atoms with E-state index in [-0.39, 0.29) is 24.5 Å². The summed E-state index contributed by atoms with van der Waals surface area (Å²) in [6.07, 6.45) is -4.93. The number of alkyl halides is 3. The van der Waals surface area contributed by atoms with Crippen LogP contribution in [0.3, 0.4) is 0 Å². The van der Waals surface area contributed by atoms with Crippen LogP contribution in [-0.4, -0.2) is 40.7 Å². The highest BCUT2D eigenvalue weighted by Crippen LogP contribution is 2.38. The number of amides is 1. The van der Waals surface area contributed by atoms with Gasteiger partial charge in [-0.25, -0.2) is 0 Å². The average molecular weight is 365 g/mol. The molecule has 9 heteroatoms. The highest BCUT2D eigenvalue weighted by atomic mass is 35.5. The summed E-state index contributed by atoms with van der Waals surface area (Å²) in [7, 11) is 0. The third-order valence-corrected chi connectivity index (χ3v) is 3.78. The maximum atomic E-state index is 12.9. The van der Waals surface area contributed by atoms with Crippen molar-refractivity contribution in [3.05, 3.63) is 28.8 Å². The number of rotatable bonds is 5. The maximum Gasteiger partial charge on any atom is 0.438 e. The zero-order valence-electron chi connectivity index (χ0n) is 12.8. The van der Waals surface area contributed by atoms with Gasteiger partial charge in [0.15, 0.2) is 0 Å². The van der Waals surface area contributed by atoms with E-state index in [1.54, 1.807) is 25.1 Å². The molecule has 5 nitrogen and oxygen atoms in total. The Morgan fingerprint density at radius 1 is 1.50 bits per heavy atom. The van der Waals surface area contributed by atoms with Crippen LogP contribution in [-0.2, 0) is 4.79 Å². The van der Waals surface area contributed by atoms with Crippen LogP contribution in [0.15, 0.2) is 23.3 Å². The van der Waals surface area contributed by atoms with Gasteiger partial charge in [0.2, 0.25) is 5.91 Å². The van der Waals surface area contributed by atoms with Crippen LogP contribution in [0.2, 0.25) is 5.02 Å². The highest BCUT2D eigenvalue weighted by molar-refractivity contribution is 6.30. The monoisotopic (exact) mass is 364 g/mol. The lowest BCUT2D eigenvalue weighted by molar-refractivity contribution is -0.302. The summed E-state index contributed by atoms with van der Waals surface area (Å²) < 4.78 is 44.1. The van der Waals surface area contributed by atoms with Gasteiger partial charge in [-0.2, -0.15) is 23.3 Å². The van der Waals surface area contributed by atoms with Crippen LogP contribution in [0.4, 0.5) is 13.2 Å². The fraction of sp³-hybridized carbons (Fsp3) is 0.467. The van der Waals surface area contributed by atoms with E-state index in [0.717, 1.165) is 11.8 Å². The Labute approximate surface area is 141 Å². The van der Waals surface area contributed by atoms with Crippen molar-refractivity contribution in [1.29, 1.82) is 0 Å². The minimum absolute atomic E-state index is 0.0978. The van der Waals surface area contributed by atoms with Crippen LogP contribution in [0, 0.1) is 6.92 Å². The number of halogens is 4. The first-order chi connectivity index (χ1) is 11.1. The Hall–Kier alpha value is -1.80. The molecule has 132 valence electrons. The molecule has 1 heterocycles. The zero-order valence-corrected chi connectivity index (χ0v) is 13.6. The highest BCUT2D eigenvalue weighted by Gasteiger charge is 2.61. The molecule has 0 saturated heterocycles. The largest absolute Gasteiger partial charge is 0.493 e. The summed E-state index contributed by atoms with van der Waals surface area (Å²) in [5, 5.41) is 13.7. The van der Waals surface area contributed by atoms with Crippen molar-refractivity contribution < 1.29 is 27.8 Å². The Morgan fingerprint density at radius 2 is 2.21 bits per heavy atom. The van der Waals surface area contributed by atoms with Gasteiger partial charge >= 0.3 is 6.18 Å². The molecule has 0 aromatic heterocycles. The number of hydrazone groups is 1. The van der Waals surface area contributed by atoms with E-state index in [0.29, 0.717) is 10.8 Å². The van der Waals surface area contributed by atoms with Gasteiger partial charge in [0.05, 0.1) is 6.61 Å². The Kier molecular flexibility index (Phi) is 5.39. The Balaban J connectivity index is 1.86. The third kappa shape index (κ3) is 3.81. The van der Waals surface area contributed by atoms with Crippen molar-refractivity contribution in [2.24, 2.45) is 5.10 Å². The number of carbonyl (C=O) groups is 1. The lowest BCUT2D eigenvalue weighted by Crippen LogP contribution is -2.56. The normalized spacial score (nSPS) is 20.5. The second-order valence-electron chi connectivity index (χ2n) is 5.38. The smallest absolute Gasteiger partial charge is 0.438 e. The first-order valence-electron chi connectivity index (χ1n) is 7.19. The van der Waals surface area contributed by atoms with Crippen molar-refractivity contribution in [2.45, 2.75) is 38.1 Å². The second-order valence-corrected chi connectivity index (χ2v) is 5.82. The van der Waals surface area contributed by atoms with Crippen LogP contribution in [0.25, 0.3) is 0 Å². The number of nitrogens with zero attached hydrogens (tertiary/aromatic N) is 2. The van der Waals surface area contributed by atoms with Gasteiger partial charge in [0.25, 0.3) is 5.72 Å². The van der Waals surface area contributed by atoms with E-state index in [2.05, 4.69) is 5.10 Å². The minimum atomic E-state index is -4.98. The van der Waals surface area contributed by atoms with Gasteiger partial charge in [0.1, 0.15) is 5.75 Å². The summed E-state index contributed by atoms with van der Waals surface area (Å²) >= 11 is 5.82. The molecular weight excluding hydrogens is 349 g/mol. The molecule has 0 aliphatic carbocycles. The predicted octanol–water partition coefficient (Wildman–Crippen LogP) is 3.28. The predicted molar refractivity (Wildman–Crippen MR) is 81.9 cm³/mol. The van der Waals surface area contributed by atoms with Crippen LogP contribution < -0.4 is 4.74 Å². The molecule has 1 aromatic carbocycles. The molecule has 2 rings (SSSR count). The standard InChI is InChI=1S/C15H16ClF3N2O3/c1-10-9-11(16)4-5-12(10)24-8-2-3-13(22)21-14(23,6-7-20-21)15(17,18)19/h4-5,7,9,23H,2-3,6,8H2,1H3. The molecule has 0 spiro atoms. The number of aliphatic hydroxyl groups is 1. The topological polar surface area (TPSA) is 62.1 Å². The van der Waals surface area contributed by atoms with Gasteiger partial charge in [-0.3, -0.25) is 4.79 Å². The maximum absolute atomic E-state index is 12.9. The van der Waals surface area contributed by atoms with E-state index in [1.807, 2.05) is 0 Å². The number of hydrogen-bond acceptors (Lipinski definition) is 4. The molecule has 0 fully saturated rings. The fourth-order valence-electron chi connectivity index (χ4n) is 2.22. The van der Waals surface area contributed by atoms with Crippen molar-refractivity contribution in [3.8, 4) is 5.75 Å². The van der Waals surface area contributed by atoms with Crippen molar-refractivity contribution in [1.82, 2.24) is 5.01 Å². The van der Waals surface area contributed by atoms with Crippen molar-refractivity contribution in [2.75, 3.05) is 6.61 Å². The van der Waals surface area contributed by atoms with Gasteiger partial charge in [-0.15, -0.1) is 0 Å². The molecule has 1 aromatic rings. The first kappa shape index (κ1) is 18.5. The fourth-order valence-corrected chi connectivity index (χ4v) is 2.45. The van der Waals surface area contributed by atoms with Gasteiger partial charge < -0.3 is 9.84 Å². The second kappa shape index (κ2) is 6.98. The Morgan fingerprint density at radius 3 is 2.83 bits per heavy atom. The number of ether oxygens (including phenoxy) is 1. The first-order valence-corrected chi connectivity index (χ1v) is 7.56. The zero-order chi connectivity index (χ0) is 18.0. The molecule has 1 amide bonds. The molecule has 1 aliphatic heterocycles. The van der Waals surface area contributed by atoms with E-state index in [4.69, 9.17) is 16.3 Å². The van der Waals surface area contributed by atoms with Crippen molar-refractivity contribution >= 4 is 23.7 Å². The minimum Gasteiger partial charge on any atom is -0.493 e. The SMILES string of the molecule is Cc1cc(Cl)ccc1OCCCC(=O)N1N=CCC1(O)C(F)(F)F. The van der Waals surface area contributed by atoms with E-state index < -0.39 is 24.2 Å². The summed E-state index contributed by atoms with van der Waals surface area (Å²) in [5.74, 6) is -0.335. The van der Waals surface area contributed by atoms with Gasteiger partial charge in [0, 0.05) is 24.1 Å². The number of benzene rings is 1. The summed E-state index contributed by atoms with van der Waals surface area (Å²) in [4.78, 5) is 11.9. The average Bonchev–Trinajstić information content (AvgIpc) is 2.88. The molecule has 1 aliphatic rings. The van der Waals surface area contributed by atoms with Crippen LogP contribution in [0.1, 0.15) is 24.8 Å². The molecule has 24 heavy (non-hydrogen) atoms. The quantitative estimate of drug-likeness (QED) is 0.816. The molecule has 1 unspecified atom stereocenters. The molecule has 0 saturated carbocycles. The molecule has 0 bridgehead atoms. The lowest BCUT2D eigenvalue weighted by atomic mass is 10.1. The molecule has 0 radical (unpaired) electrons. The molecule has 1 atom stereocenters. The lowest BCUT2D eigenvalue weighted by Gasteiger charge is -2.32. The van der Waals surface area contributed by atoms with Gasteiger partial charge in [-0.05, 0) is 37.1 Å². The van der Waals surface area contributed by atoms with Crippen LogP contribution >= 0.6 is 11.6 Å². The molecule has 1 N–H and O–H groups in total. The third-order valence-electron chi connectivity index (χ3n) is 3.54. The van der Waals surface area contributed by atoms with Gasteiger partial charge in [-0.1, -0.05) is 11.6 Å². The summed E-state index contributed by atoms with van der Waals surface area (Å²) in [6.45, 7) is 1.94. The summed E-state index contributed by atoms with van der Waals surface area (Å²) in [6, 6.07) is 5.04. The van der Waals surface area contributed by atoms with E-state index in [9.17, 15) is 23.1 Å². The number of hydrogen-bond donors (Lipinski definition) is 1. The number of aryl methyl sites for hydroxylation is 1. The van der Waals surface area contributed by atoms with E-state index in [1.165, 1.54) is 0 Å². The Bertz CT molecular complexity index is 651. The van der Waals surface area contributed by atoms with Crippen molar-refractivity contribution in [3.63, 3.8) is 0 Å². The number of carbonyl (C=O) groups excluding carboxylic acids is 1. The molecular formula is C15H16ClF3N2O3. The summed E-state index contributed by atoms with van der Waals surface area (Å²) in [5.41, 5.74) is -2.46.